The van der Waals surface area contributed by atoms with Crippen LogP contribution in [0, 0.1) is 16.0 Å². The van der Waals surface area contributed by atoms with Gasteiger partial charge in [0.05, 0.1) is 16.9 Å². The lowest BCUT2D eigenvalue weighted by Gasteiger charge is -2.18. The summed E-state index contributed by atoms with van der Waals surface area (Å²) in [5.41, 5.74) is 0.377. The average molecular weight is 258 g/mol. The second-order valence-electron chi connectivity index (χ2n) is 3.66. The molecule has 1 rings (SSSR count). The lowest BCUT2D eigenvalue weighted by Crippen LogP contribution is -2.21. The molecule has 0 aliphatic carbocycles. The van der Waals surface area contributed by atoms with E-state index < -0.39 is 16.9 Å². The number of ketones is 1. The van der Waals surface area contributed by atoms with Crippen LogP contribution in [0.1, 0.15) is 18.6 Å². The van der Waals surface area contributed by atoms with Crippen molar-refractivity contribution < 1.29 is 14.8 Å². The number of Topliss-reactive ketones (excluding diaryl/α,β-unsaturated/α-hetero) is 1. The number of hydrogen-bond acceptors (Lipinski definition) is 4. The molecule has 0 amide bonds. The molecule has 6 heteroatoms. The van der Waals surface area contributed by atoms with Crippen molar-refractivity contribution in [2.75, 3.05) is 5.88 Å². The summed E-state index contributed by atoms with van der Waals surface area (Å²) in [6.45, 7) is 1.35. The van der Waals surface area contributed by atoms with Crippen molar-refractivity contribution in [1.82, 2.24) is 0 Å². The maximum atomic E-state index is 11.2. The summed E-state index contributed by atoms with van der Waals surface area (Å²) in [7, 11) is 0. The van der Waals surface area contributed by atoms with Crippen LogP contribution in [-0.4, -0.2) is 21.7 Å². The molecule has 0 heterocycles. The van der Waals surface area contributed by atoms with Gasteiger partial charge in [0.1, 0.15) is 5.78 Å². The third-order valence-corrected chi connectivity index (χ3v) is 2.85. The van der Waals surface area contributed by atoms with Crippen LogP contribution >= 0.6 is 11.6 Å². The number of aliphatic hydroxyl groups excluding tert-OH is 1. The van der Waals surface area contributed by atoms with Crippen molar-refractivity contribution in [2.45, 2.75) is 13.0 Å². The molecular formula is C11H12ClNO4. The maximum absolute atomic E-state index is 11.2. The molecule has 17 heavy (non-hydrogen) atoms. The Labute approximate surface area is 103 Å². The topological polar surface area (TPSA) is 80.4 Å². The predicted molar refractivity (Wildman–Crippen MR) is 62.9 cm³/mol. The van der Waals surface area contributed by atoms with E-state index in [-0.39, 0.29) is 17.4 Å². The molecule has 2 atom stereocenters. The summed E-state index contributed by atoms with van der Waals surface area (Å²) in [6, 6.07) is 5.41. The Bertz CT molecular complexity index is 418. The van der Waals surface area contributed by atoms with E-state index in [1.165, 1.54) is 31.2 Å². The van der Waals surface area contributed by atoms with Crippen molar-refractivity contribution in [3.8, 4) is 0 Å². The Morgan fingerprint density at radius 1 is 1.47 bits per heavy atom. The van der Waals surface area contributed by atoms with Crippen LogP contribution in [0.15, 0.2) is 24.3 Å². The normalized spacial score (nSPS) is 14.1. The number of rotatable bonds is 5. The van der Waals surface area contributed by atoms with E-state index in [1.807, 2.05) is 0 Å². The quantitative estimate of drug-likeness (QED) is 0.497. The van der Waals surface area contributed by atoms with Crippen LogP contribution in [0.25, 0.3) is 0 Å². The first kappa shape index (κ1) is 13.6. The van der Waals surface area contributed by atoms with E-state index in [9.17, 15) is 20.0 Å². The lowest BCUT2D eigenvalue weighted by atomic mass is 9.94. The SMILES string of the molecule is CC(=O)[C@H](CCl)[C@H](O)c1ccc([N+](=O)[O-])cc1. The van der Waals surface area contributed by atoms with Gasteiger partial charge >= 0.3 is 0 Å². The summed E-state index contributed by atoms with van der Waals surface area (Å²) < 4.78 is 0. The highest BCUT2D eigenvalue weighted by Crippen LogP contribution is 2.25. The molecule has 0 radical (unpaired) electrons. The van der Waals surface area contributed by atoms with E-state index in [0.717, 1.165) is 0 Å². The monoisotopic (exact) mass is 257 g/mol. The zero-order valence-corrected chi connectivity index (χ0v) is 9.92. The molecule has 0 saturated carbocycles. The molecule has 0 fully saturated rings. The largest absolute Gasteiger partial charge is 0.388 e. The molecule has 0 aliphatic heterocycles. The van der Waals surface area contributed by atoms with Crippen molar-refractivity contribution >= 4 is 23.1 Å². The fraction of sp³-hybridized carbons (Fsp3) is 0.364. The van der Waals surface area contributed by atoms with Gasteiger partial charge in [-0.3, -0.25) is 14.9 Å². The second kappa shape index (κ2) is 5.75. The smallest absolute Gasteiger partial charge is 0.269 e. The fourth-order valence-corrected chi connectivity index (χ4v) is 1.83. The first-order valence-electron chi connectivity index (χ1n) is 4.96. The van der Waals surface area contributed by atoms with Gasteiger partial charge in [0.25, 0.3) is 5.69 Å². The average Bonchev–Trinajstić information content (AvgIpc) is 2.29. The molecule has 0 spiro atoms. The van der Waals surface area contributed by atoms with Gasteiger partial charge in [-0.2, -0.15) is 0 Å². The summed E-state index contributed by atoms with van der Waals surface area (Å²) in [5, 5.41) is 20.4. The molecule has 5 nitrogen and oxygen atoms in total. The van der Waals surface area contributed by atoms with Crippen LogP contribution < -0.4 is 0 Å². The van der Waals surface area contributed by atoms with Gasteiger partial charge in [0.15, 0.2) is 0 Å². The van der Waals surface area contributed by atoms with Crippen LogP contribution in [0.2, 0.25) is 0 Å². The van der Waals surface area contributed by atoms with Crippen LogP contribution in [-0.2, 0) is 4.79 Å². The van der Waals surface area contributed by atoms with Crippen molar-refractivity contribution in [3.05, 3.63) is 39.9 Å². The minimum absolute atomic E-state index is 0.00743. The van der Waals surface area contributed by atoms with Crippen molar-refractivity contribution in [2.24, 2.45) is 5.92 Å². The fourth-order valence-electron chi connectivity index (χ4n) is 1.44. The van der Waals surface area contributed by atoms with Gasteiger partial charge in [0, 0.05) is 18.0 Å². The number of halogens is 1. The van der Waals surface area contributed by atoms with Gasteiger partial charge in [-0.05, 0) is 24.6 Å². The molecule has 0 bridgehead atoms. The third kappa shape index (κ3) is 3.25. The summed E-state index contributed by atoms with van der Waals surface area (Å²) in [6.07, 6.45) is -1.04. The van der Waals surface area contributed by atoms with Crippen LogP contribution in [0.3, 0.4) is 0 Å². The Morgan fingerprint density at radius 3 is 2.35 bits per heavy atom. The number of benzene rings is 1. The number of alkyl halides is 1. The number of nitro groups is 1. The highest BCUT2D eigenvalue weighted by Gasteiger charge is 2.24. The molecule has 0 unspecified atom stereocenters. The van der Waals surface area contributed by atoms with Gasteiger partial charge in [0.2, 0.25) is 0 Å². The van der Waals surface area contributed by atoms with E-state index in [2.05, 4.69) is 0 Å². The number of nitrogens with zero attached hydrogens (tertiary/aromatic N) is 1. The molecule has 0 saturated heterocycles. The summed E-state index contributed by atoms with van der Waals surface area (Å²) >= 11 is 5.60. The standard InChI is InChI=1S/C11H12ClNO4/c1-7(14)10(6-12)11(15)8-2-4-9(5-3-8)13(16)17/h2-5,10-11,15H,6H2,1H3/t10-,11+/m0/s1. The second-order valence-corrected chi connectivity index (χ2v) is 3.97. The molecule has 0 aliphatic rings. The number of carbonyl (C=O) groups excluding carboxylic acids is 1. The van der Waals surface area contributed by atoms with E-state index in [4.69, 9.17) is 11.6 Å². The predicted octanol–water partition coefficient (Wildman–Crippen LogP) is 2.07. The minimum atomic E-state index is -1.04. The van der Waals surface area contributed by atoms with Crippen molar-refractivity contribution in [1.29, 1.82) is 0 Å². The zero-order chi connectivity index (χ0) is 13.0. The Morgan fingerprint density at radius 2 is 2.00 bits per heavy atom. The number of non-ortho nitro benzene ring substituents is 1. The maximum Gasteiger partial charge on any atom is 0.269 e. The number of hydrogen-bond donors (Lipinski definition) is 1. The molecule has 92 valence electrons. The van der Waals surface area contributed by atoms with Gasteiger partial charge < -0.3 is 5.11 Å². The van der Waals surface area contributed by atoms with E-state index >= 15 is 0 Å². The number of aliphatic hydroxyl groups is 1. The Hall–Kier alpha value is -1.46. The highest BCUT2D eigenvalue weighted by molar-refractivity contribution is 6.19. The molecule has 1 aromatic rings. The molecular weight excluding hydrogens is 246 g/mol. The zero-order valence-electron chi connectivity index (χ0n) is 9.17. The van der Waals surface area contributed by atoms with Gasteiger partial charge in [-0.15, -0.1) is 11.6 Å². The van der Waals surface area contributed by atoms with E-state index in [1.54, 1.807) is 0 Å². The minimum Gasteiger partial charge on any atom is -0.388 e. The summed E-state index contributed by atoms with van der Waals surface area (Å²) in [5.74, 6) is -0.906. The molecule has 1 aromatic carbocycles. The summed E-state index contributed by atoms with van der Waals surface area (Å²) in [4.78, 5) is 21.1. The van der Waals surface area contributed by atoms with Crippen molar-refractivity contribution in [3.63, 3.8) is 0 Å². The first-order chi connectivity index (χ1) is 7.97. The molecule has 0 aromatic heterocycles. The molecule has 1 N–H and O–H groups in total. The van der Waals surface area contributed by atoms with Gasteiger partial charge in [-0.25, -0.2) is 0 Å². The first-order valence-corrected chi connectivity index (χ1v) is 5.49. The van der Waals surface area contributed by atoms with E-state index in [0.29, 0.717) is 5.56 Å². The number of nitro benzene ring substituents is 1. The third-order valence-electron chi connectivity index (χ3n) is 2.51. The Balaban J connectivity index is 2.92. The van der Waals surface area contributed by atoms with Crippen LogP contribution in [0.5, 0.6) is 0 Å². The highest BCUT2D eigenvalue weighted by atomic mass is 35.5. The number of carbonyl (C=O) groups is 1. The lowest BCUT2D eigenvalue weighted by molar-refractivity contribution is -0.384. The van der Waals surface area contributed by atoms with Gasteiger partial charge in [-0.1, -0.05) is 0 Å². The Kier molecular flexibility index (Phi) is 4.60. The van der Waals surface area contributed by atoms with Crippen LogP contribution in [0.4, 0.5) is 5.69 Å².